The number of aromatic amines is 1. The number of carbonyl (C=O) groups is 1. The number of aromatic carboxylic acids is 1. The maximum absolute atomic E-state index is 13.5. The predicted octanol–water partition coefficient (Wildman–Crippen LogP) is 1.90. The molecule has 0 aliphatic carbocycles. The van der Waals surface area contributed by atoms with E-state index in [9.17, 15) is 9.18 Å². The largest absolute Gasteiger partial charge is 0.478 e. The van der Waals surface area contributed by atoms with Crippen LogP contribution >= 0.6 is 0 Å². The van der Waals surface area contributed by atoms with Crippen molar-refractivity contribution < 1.29 is 14.3 Å². The van der Waals surface area contributed by atoms with Crippen molar-refractivity contribution in [3.05, 3.63) is 29.2 Å². The first-order valence-electron chi connectivity index (χ1n) is 4.31. The van der Waals surface area contributed by atoms with Crippen molar-refractivity contribution in [2.45, 2.75) is 6.92 Å². The Morgan fingerprint density at radius 1 is 1.53 bits per heavy atom. The SMILES string of the molecule is Cc1cc2cc(C(=O)O)c(F)c(N)c2[nH]1. The molecule has 4 N–H and O–H groups in total. The molecule has 15 heavy (non-hydrogen) atoms. The van der Waals surface area contributed by atoms with E-state index in [0.29, 0.717) is 10.9 Å². The predicted molar refractivity (Wildman–Crippen MR) is 54.4 cm³/mol. The zero-order valence-electron chi connectivity index (χ0n) is 7.97. The van der Waals surface area contributed by atoms with Crippen LogP contribution in [-0.4, -0.2) is 16.1 Å². The summed E-state index contributed by atoms with van der Waals surface area (Å²) in [7, 11) is 0. The molecule has 0 saturated carbocycles. The van der Waals surface area contributed by atoms with Crippen LogP contribution in [0.4, 0.5) is 10.1 Å². The van der Waals surface area contributed by atoms with Gasteiger partial charge in [0, 0.05) is 11.1 Å². The quantitative estimate of drug-likeness (QED) is 0.626. The molecule has 0 atom stereocenters. The molecule has 0 aliphatic heterocycles. The summed E-state index contributed by atoms with van der Waals surface area (Å²) in [6.45, 7) is 1.79. The highest BCUT2D eigenvalue weighted by atomic mass is 19.1. The minimum absolute atomic E-state index is 0.155. The van der Waals surface area contributed by atoms with Crippen molar-refractivity contribution in [1.82, 2.24) is 4.98 Å². The molecule has 2 rings (SSSR count). The number of hydrogen-bond acceptors (Lipinski definition) is 2. The highest BCUT2D eigenvalue weighted by molar-refractivity contribution is 5.99. The number of nitrogens with one attached hydrogen (secondary N) is 1. The van der Waals surface area contributed by atoms with Crippen molar-refractivity contribution in [3.63, 3.8) is 0 Å². The maximum atomic E-state index is 13.5. The van der Waals surface area contributed by atoms with E-state index in [-0.39, 0.29) is 5.69 Å². The lowest BCUT2D eigenvalue weighted by Gasteiger charge is -2.02. The van der Waals surface area contributed by atoms with E-state index in [4.69, 9.17) is 10.8 Å². The molecule has 1 aromatic heterocycles. The number of H-pyrrole nitrogens is 1. The van der Waals surface area contributed by atoms with Gasteiger partial charge in [0.2, 0.25) is 0 Å². The molecule has 78 valence electrons. The van der Waals surface area contributed by atoms with Gasteiger partial charge in [0.15, 0.2) is 5.82 Å². The smallest absolute Gasteiger partial charge is 0.338 e. The molecular formula is C10H9FN2O2. The Bertz CT molecular complexity index is 560. The first-order valence-corrected chi connectivity index (χ1v) is 4.31. The molecule has 2 aromatic rings. The molecular weight excluding hydrogens is 199 g/mol. The molecule has 0 fully saturated rings. The normalized spacial score (nSPS) is 10.8. The van der Waals surface area contributed by atoms with Gasteiger partial charge < -0.3 is 15.8 Å². The number of carboxylic acids is 1. The Morgan fingerprint density at radius 2 is 2.20 bits per heavy atom. The van der Waals surface area contributed by atoms with E-state index < -0.39 is 17.3 Å². The summed E-state index contributed by atoms with van der Waals surface area (Å²) >= 11 is 0. The average molecular weight is 208 g/mol. The van der Waals surface area contributed by atoms with Gasteiger partial charge in [-0.2, -0.15) is 0 Å². The Labute approximate surface area is 84.5 Å². The lowest BCUT2D eigenvalue weighted by molar-refractivity contribution is 0.0692. The zero-order valence-corrected chi connectivity index (χ0v) is 7.97. The fraction of sp³-hybridized carbons (Fsp3) is 0.100. The summed E-state index contributed by atoms with van der Waals surface area (Å²) in [4.78, 5) is 13.6. The molecule has 0 spiro atoms. The van der Waals surface area contributed by atoms with Crippen molar-refractivity contribution in [2.75, 3.05) is 5.73 Å². The van der Waals surface area contributed by atoms with Crippen molar-refractivity contribution >= 4 is 22.6 Å². The minimum atomic E-state index is -1.32. The van der Waals surface area contributed by atoms with E-state index in [1.54, 1.807) is 13.0 Å². The molecule has 0 aliphatic rings. The molecule has 0 bridgehead atoms. The van der Waals surface area contributed by atoms with Gasteiger partial charge >= 0.3 is 5.97 Å². The molecule has 1 heterocycles. The fourth-order valence-electron chi connectivity index (χ4n) is 1.58. The first-order chi connectivity index (χ1) is 7.00. The molecule has 0 saturated heterocycles. The molecule has 1 aromatic carbocycles. The Kier molecular flexibility index (Phi) is 1.89. The van der Waals surface area contributed by atoms with Crippen LogP contribution in [0, 0.1) is 12.7 Å². The number of aromatic nitrogens is 1. The van der Waals surface area contributed by atoms with Crippen molar-refractivity contribution in [1.29, 1.82) is 0 Å². The van der Waals surface area contributed by atoms with Crippen LogP contribution in [0.2, 0.25) is 0 Å². The lowest BCUT2D eigenvalue weighted by atomic mass is 10.1. The summed E-state index contributed by atoms with van der Waals surface area (Å²) in [6, 6.07) is 2.99. The molecule has 0 unspecified atom stereocenters. The van der Waals surface area contributed by atoms with E-state index in [0.717, 1.165) is 5.69 Å². The van der Waals surface area contributed by atoms with Crippen molar-refractivity contribution in [3.8, 4) is 0 Å². The number of carboxylic acid groups (broad SMARTS) is 1. The Morgan fingerprint density at radius 3 is 2.80 bits per heavy atom. The van der Waals surface area contributed by atoms with Gasteiger partial charge in [0.05, 0.1) is 16.8 Å². The Balaban J connectivity index is 2.87. The summed E-state index contributed by atoms with van der Waals surface area (Å²) in [5, 5.41) is 9.35. The van der Waals surface area contributed by atoms with E-state index in [1.165, 1.54) is 6.07 Å². The van der Waals surface area contributed by atoms with Gasteiger partial charge in [-0.3, -0.25) is 0 Å². The number of nitrogen functional groups attached to an aromatic ring is 1. The van der Waals surface area contributed by atoms with Crippen LogP contribution in [0.1, 0.15) is 16.1 Å². The van der Waals surface area contributed by atoms with Crippen LogP contribution in [0.5, 0.6) is 0 Å². The third kappa shape index (κ3) is 1.32. The number of halogens is 1. The number of rotatable bonds is 1. The third-order valence-corrected chi connectivity index (χ3v) is 2.26. The summed E-state index contributed by atoms with van der Waals surface area (Å²) in [6.07, 6.45) is 0. The monoisotopic (exact) mass is 208 g/mol. The van der Waals surface area contributed by atoms with E-state index in [2.05, 4.69) is 4.98 Å². The first kappa shape index (κ1) is 9.51. The summed E-state index contributed by atoms with van der Waals surface area (Å²) in [5.41, 5.74) is 6.19. The van der Waals surface area contributed by atoms with Gasteiger partial charge in [-0.25, -0.2) is 9.18 Å². The molecule has 0 amide bonds. The van der Waals surface area contributed by atoms with Gasteiger partial charge in [-0.15, -0.1) is 0 Å². The summed E-state index contributed by atoms with van der Waals surface area (Å²) < 4.78 is 13.5. The summed E-state index contributed by atoms with van der Waals surface area (Å²) in [5.74, 6) is -2.21. The number of hydrogen-bond donors (Lipinski definition) is 3. The van der Waals surface area contributed by atoms with Gasteiger partial charge in [0.25, 0.3) is 0 Å². The second-order valence-corrected chi connectivity index (χ2v) is 3.37. The number of nitrogens with two attached hydrogens (primary N) is 1. The Hall–Kier alpha value is -2.04. The molecule has 4 nitrogen and oxygen atoms in total. The minimum Gasteiger partial charge on any atom is -0.478 e. The molecule has 5 heteroatoms. The third-order valence-electron chi connectivity index (χ3n) is 2.26. The highest BCUT2D eigenvalue weighted by Gasteiger charge is 2.17. The van der Waals surface area contributed by atoms with Crippen LogP contribution in [-0.2, 0) is 0 Å². The van der Waals surface area contributed by atoms with Crippen molar-refractivity contribution in [2.24, 2.45) is 0 Å². The van der Waals surface area contributed by atoms with Crippen LogP contribution in [0.15, 0.2) is 12.1 Å². The number of anilines is 1. The molecule has 0 radical (unpaired) electrons. The zero-order chi connectivity index (χ0) is 11.2. The van der Waals surface area contributed by atoms with E-state index in [1.807, 2.05) is 0 Å². The van der Waals surface area contributed by atoms with Crippen LogP contribution in [0.3, 0.4) is 0 Å². The second-order valence-electron chi connectivity index (χ2n) is 3.37. The number of aryl methyl sites for hydroxylation is 1. The van der Waals surface area contributed by atoms with Gasteiger partial charge in [-0.1, -0.05) is 0 Å². The number of benzene rings is 1. The van der Waals surface area contributed by atoms with E-state index >= 15 is 0 Å². The number of fused-ring (bicyclic) bond motifs is 1. The average Bonchev–Trinajstić information content (AvgIpc) is 2.52. The second kappa shape index (κ2) is 2.98. The highest BCUT2D eigenvalue weighted by Crippen LogP contribution is 2.27. The van der Waals surface area contributed by atoms with Crippen LogP contribution < -0.4 is 5.73 Å². The van der Waals surface area contributed by atoms with Crippen LogP contribution in [0.25, 0.3) is 10.9 Å². The standard InChI is InChI=1S/C10H9FN2O2/c1-4-2-5-3-6(10(14)15)7(11)8(12)9(5)13-4/h2-3,13H,12H2,1H3,(H,14,15). The van der Waals surface area contributed by atoms with Gasteiger partial charge in [-0.05, 0) is 19.1 Å². The maximum Gasteiger partial charge on any atom is 0.338 e. The lowest BCUT2D eigenvalue weighted by Crippen LogP contribution is -2.04. The van der Waals surface area contributed by atoms with Gasteiger partial charge in [0.1, 0.15) is 0 Å². The fourth-order valence-corrected chi connectivity index (χ4v) is 1.58. The topological polar surface area (TPSA) is 79.1 Å².